The number of hydrogen-bond acceptors (Lipinski definition) is 5. The molecular formula is C6H9LiO7S. The van der Waals surface area contributed by atoms with Gasteiger partial charge in [-0.1, -0.05) is 0 Å². The Morgan fingerprint density at radius 1 is 1.47 bits per heavy atom. The normalized spacial score (nSPS) is 15.5. The van der Waals surface area contributed by atoms with Crippen molar-refractivity contribution in [1.82, 2.24) is 0 Å². The van der Waals surface area contributed by atoms with Crippen molar-refractivity contribution in [3.05, 3.63) is 0 Å². The van der Waals surface area contributed by atoms with Gasteiger partial charge in [-0.3, -0.25) is 0 Å². The Labute approximate surface area is 95.7 Å². The molecule has 0 saturated heterocycles. The zero-order valence-electron chi connectivity index (χ0n) is 8.26. The molecule has 15 heavy (non-hydrogen) atoms. The third kappa shape index (κ3) is 3.21. The molecule has 0 aliphatic heterocycles. The molecule has 0 aliphatic rings. The Kier molecular flexibility index (Phi) is 4.80. The first-order valence-electron chi connectivity index (χ1n) is 4.07. The summed E-state index contributed by atoms with van der Waals surface area (Å²) in [6.07, 6.45) is -0.513. The Balaban J connectivity index is 5.48. The summed E-state index contributed by atoms with van der Waals surface area (Å²) in [5.41, 5.74) is 0. The Hall–Kier alpha value is -0.553. The second-order valence-electron chi connectivity index (χ2n) is 2.88. The van der Waals surface area contributed by atoms with Crippen LogP contribution in [-0.4, -0.2) is 52.7 Å². The molecule has 0 aromatic carbocycles. The average molecular weight is 232 g/mol. The fourth-order valence-corrected chi connectivity index (χ4v) is 1.96. The first-order chi connectivity index (χ1) is 6.67. The Morgan fingerprint density at radius 2 is 1.93 bits per heavy atom. The summed E-state index contributed by atoms with van der Waals surface area (Å²) in [6, 6.07) is 0. The summed E-state index contributed by atoms with van der Waals surface area (Å²) in [6.45, 7) is 0.860. The molecule has 0 heterocycles. The predicted octanol–water partition coefficient (Wildman–Crippen LogP) is -0.805. The van der Waals surface area contributed by atoms with Gasteiger partial charge in [0.15, 0.2) is 0 Å². The quantitative estimate of drug-likeness (QED) is 0.361. The van der Waals surface area contributed by atoms with E-state index in [0.29, 0.717) is 0 Å². The second-order valence-corrected chi connectivity index (χ2v) is 4.49. The summed E-state index contributed by atoms with van der Waals surface area (Å²) in [5, 5.41) is 8.83. The molecule has 2 N–H and O–H groups in total. The van der Waals surface area contributed by atoms with E-state index >= 15 is 0 Å². The van der Waals surface area contributed by atoms with E-state index in [9.17, 15) is 18.0 Å². The molecule has 0 spiro atoms. The van der Waals surface area contributed by atoms with Gasteiger partial charge in [0.1, 0.15) is 0 Å². The van der Waals surface area contributed by atoms with Crippen molar-refractivity contribution in [2.45, 2.75) is 23.4 Å². The summed E-state index contributed by atoms with van der Waals surface area (Å²) in [4.78, 5) is 18.5. The monoisotopic (exact) mass is 232 g/mol. The van der Waals surface area contributed by atoms with Crippen LogP contribution in [0.15, 0.2) is 0 Å². The molecule has 1 unspecified atom stereocenters. The SMILES string of the molecule is [Li][CH2]CC(OC(C)=O)(C(=O)O)S(=O)(=O)O. The predicted molar refractivity (Wildman–Crippen MR) is 48.9 cm³/mol. The van der Waals surface area contributed by atoms with Gasteiger partial charge in [0, 0.05) is 0 Å². The van der Waals surface area contributed by atoms with E-state index in [0.717, 1.165) is 6.92 Å². The third-order valence-electron chi connectivity index (χ3n) is 1.63. The van der Waals surface area contributed by atoms with E-state index in [-0.39, 0.29) is 5.09 Å². The number of ether oxygens (including phenoxy) is 1. The minimum absolute atomic E-state index is 0.110. The van der Waals surface area contributed by atoms with Crippen LogP contribution in [0, 0.1) is 0 Å². The summed E-state index contributed by atoms with van der Waals surface area (Å²) < 4.78 is 34.9. The summed E-state index contributed by atoms with van der Waals surface area (Å²) in [5.74, 6) is -3.01. The van der Waals surface area contributed by atoms with Gasteiger partial charge >= 0.3 is 95.5 Å². The molecule has 1 atom stereocenters. The molecule has 0 radical (unpaired) electrons. The van der Waals surface area contributed by atoms with Crippen LogP contribution in [0.1, 0.15) is 13.3 Å². The number of carboxylic acids is 1. The van der Waals surface area contributed by atoms with Crippen molar-refractivity contribution in [3.63, 3.8) is 0 Å². The summed E-state index contributed by atoms with van der Waals surface area (Å²) in [7, 11) is -5.03. The van der Waals surface area contributed by atoms with E-state index in [4.69, 9.17) is 9.66 Å². The summed E-state index contributed by atoms with van der Waals surface area (Å²) >= 11 is 1.49. The van der Waals surface area contributed by atoms with Gasteiger partial charge in [-0.25, -0.2) is 0 Å². The van der Waals surface area contributed by atoms with Crippen molar-refractivity contribution in [2.75, 3.05) is 0 Å². The van der Waals surface area contributed by atoms with Crippen LogP contribution in [0.25, 0.3) is 0 Å². The molecule has 0 rings (SSSR count). The molecule has 0 bridgehead atoms. The van der Waals surface area contributed by atoms with Crippen molar-refractivity contribution < 1.29 is 32.4 Å². The number of hydrogen-bond donors (Lipinski definition) is 2. The average Bonchev–Trinajstić information content (AvgIpc) is 1.99. The Bertz CT molecular complexity index is 362. The van der Waals surface area contributed by atoms with Gasteiger partial charge in [0.2, 0.25) is 0 Å². The van der Waals surface area contributed by atoms with Crippen LogP contribution >= 0.6 is 0 Å². The molecule has 0 aromatic rings. The van der Waals surface area contributed by atoms with Gasteiger partial charge in [-0.2, -0.15) is 0 Å². The van der Waals surface area contributed by atoms with Gasteiger partial charge in [0.05, 0.1) is 0 Å². The molecule has 0 amide bonds. The van der Waals surface area contributed by atoms with Crippen LogP contribution < -0.4 is 0 Å². The fourth-order valence-electron chi connectivity index (χ4n) is 1.05. The van der Waals surface area contributed by atoms with Crippen LogP contribution in [-0.2, 0) is 24.4 Å². The molecule has 82 valence electrons. The van der Waals surface area contributed by atoms with E-state index < -0.39 is 33.4 Å². The van der Waals surface area contributed by atoms with Crippen LogP contribution in [0.3, 0.4) is 0 Å². The fraction of sp³-hybridized carbons (Fsp3) is 0.667. The van der Waals surface area contributed by atoms with E-state index in [1.165, 1.54) is 17.7 Å². The molecule has 7 nitrogen and oxygen atoms in total. The van der Waals surface area contributed by atoms with E-state index in [2.05, 4.69) is 4.74 Å². The van der Waals surface area contributed by atoms with Gasteiger partial charge in [-0.05, 0) is 0 Å². The van der Waals surface area contributed by atoms with Gasteiger partial charge < -0.3 is 0 Å². The number of esters is 1. The number of rotatable bonds is 5. The standard InChI is InChI=1S/C6H9O7S.Li/c1-3-6(5(8)9,13-4(2)7)14(10,11)12;/h1,3H2,2H3,(H,8,9)(H,10,11,12);. The maximum absolute atomic E-state index is 10.9. The van der Waals surface area contributed by atoms with Gasteiger partial charge in [-0.15, -0.1) is 0 Å². The van der Waals surface area contributed by atoms with E-state index in [1.807, 2.05) is 0 Å². The first kappa shape index (κ1) is 14.4. The first-order valence-corrected chi connectivity index (χ1v) is 5.51. The van der Waals surface area contributed by atoms with Crippen molar-refractivity contribution >= 4 is 39.8 Å². The zero-order chi connectivity index (χ0) is 12.3. The van der Waals surface area contributed by atoms with Gasteiger partial charge in [0.25, 0.3) is 0 Å². The second kappa shape index (κ2) is 4.98. The van der Waals surface area contributed by atoms with Crippen LogP contribution in [0.4, 0.5) is 0 Å². The molecule has 0 saturated carbocycles. The van der Waals surface area contributed by atoms with Crippen molar-refractivity contribution in [3.8, 4) is 0 Å². The van der Waals surface area contributed by atoms with Crippen molar-refractivity contribution in [2.24, 2.45) is 0 Å². The molecule has 9 heteroatoms. The number of aliphatic carboxylic acids is 1. The van der Waals surface area contributed by atoms with Crippen LogP contribution in [0.5, 0.6) is 0 Å². The Morgan fingerprint density at radius 3 is 2.13 bits per heavy atom. The molecular weight excluding hydrogens is 223 g/mol. The van der Waals surface area contributed by atoms with Crippen LogP contribution in [0.2, 0.25) is 5.09 Å². The molecule has 0 fully saturated rings. The maximum atomic E-state index is 10.9. The number of carbonyl (C=O) groups is 2. The molecule has 0 aliphatic carbocycles. The van der Waals surface area contributed by atoms with E-state index in [1.54, 1.807) is 0 Å². The number of carboxylic acid groups (broad SMARTS) is 1. The number of carbonyl (C=O) groups excluding carboxylic acids is 1. The molecule has 0 aromatic heterocycles. The minimum atomic E-state index is -5.03. The zero-order valence-corrected chi connectivity index (χ0v) is 9.07. The third-order valence-corrected chi connectivity index (χ3v) is 2.93. The topological polar surface area (TPSA) is 118 Å². The van der Waals surface area contributed by atoms with Crippen molar-refractivity contribution in [1.29, 1.82) is 0 Å².